The van der Waals surface area contributed by atoms with Crippen molar-refractivity contribution in [3.8, 4) is 0 Å². The first-order valence-electron chi connectivity index (χ1n) is 6.60. The minimum absolute atomic E-state index is 0.0803. The summed E-state index contributed by atoms with van der Waals surface area (Å²) in [5.74, 6) is 0.0803. The quantitative estimate of drug-likeness (QED) is 0.441. The van der Waals surface area contributed by atoms with Gasteiger partial charge >= 0.3 is 0 Å². The molecule has 0 aliphatic heterocycles. The van der Waals surface area contributed by atoms with Gasteiger partial charge < -0.3 is 4.74 Å². The van der Waals surface area contributed by atoms with E-state index in [1.54, 1.807) is 0 Å². The summed E-state index contributed by atoms with van der Waals surface area (Å²) in [6.45, 7) is 3.13. The molecule has 0 saturated heterocycles. The summed E-state index contributed by atoms with van der Waals surface area (Å²) in [6, 6.07) is 3.73. The molecular formula is C14H21BrO2S. The van der Waals surface area contributed by atoms with Crippen LogP contribution >= 0.6 is 27.3 Å². The van der Waals surface area contributed by atoms with Gasteiger partial charge in [-0.2, -0.15) is 0 Å². The predicted molar refractivity (Wildman–Crippen MR) is 80.5 cm³/mol. The monoisotopic (exact) mass is 332 g/mol. The molecule has 1 aromatic rings. The zero-order valence-corrected chi connectivity index (χ0v) is 13.3. The Morgan fingerprint density at radius 1 is 1.22 bits per heavy atom. The minimum Gasteiger partial charge on any atom is -0.373 e. The van der Waals surface area contributed by atoms with Crippen LogP contribution in [-0.4, -0.2) is 19.0 Å². The number of ether oxygens (including phenoxy) is 1. The van der Waals surface area contributed by atoms with E-state index in [0.29, 0.717) is 6.61 Å². The van der Waals surface area contributed by atoms with E-state index >= 15 is 0 Å². The maximum atomic E-state index is 11.7. The Labute approximate surface area is 122 Å². The highest BCUT2D eigenvalue weighted by Gasteiger charge is 2.08. The highest BCUT2D eigenvalue weighted by molar-refractivity contribution is 9.11. The summed E-state index contributed by atoms with van der Waals surface area (Å²) in [4.78, 5) is 12.5. The van der Waals surface area contributed by atoms with Crippen LogP contribution in [-0.2, 0) is 4.74 Å². The molecule has 0 saturated carbocycles. The van der Waals surface area contributed by atoms with Crippen molar-refractivity contribution in [1.82, 2.24) is 0 Å². The summed E-state index contributed by atoms with van der Waals surface area (Å²) < 4.78 is 6.40. The molecule has 0 bridgehead atoms. The molecule has 0 radical (unpaired) electrons. The van der Waals surface area contributed by atoms with Crippen LogP contribution in [0.1, 0.15) is 55.1 Å². The highest BCUT2D eigenvalue weighted by Crippen LogP contribution is 2.22. The average Bonchev–Trinajstić information content (AvgIpc) is 2.79. The largest absolute Gasteiger partial charge is 0.373 e. The molecule has 1 aromatic heterocycles. The Morgan fingerprint density at radius 3 is 2.61 bits per heavy atom. The van der Waals surface area contributed by atoms with Crippen LogP contribution in [0, 0.1) is 0 Å². The lowest BCUT2D eigenvalue weighted by Gasteiger charge is -2.02. The number of carbonyl (C=O) groups is 1. The molecule has 0 N–H and O–H groups in total. The number of halogens is 1. The summed E-state index contributed by atoms with van der Waals surface area (Å²) in [7, 11) is 0. The Bertz CT molecular complexity index is 349. The van der Waals surface area contributed by atoms with Gasteiger partial charge in [-0.05, 0) is 34.5 Å². The van der Waals surface area contributed by atoms with Gasteiger partial charge in [0, 0.05) is 6.61 Å². The first kappa shape index (κ1) is 15.9. The molecule has 102 valence electrons. The van der Waals surface area contributed by atoms with Crippen LogP contribution in [0.25, 0.3) is 0 Å². The number of hydrogen-bond acceptors (Lipinski definition) is 3. The second kappa shape index (κ2) is 9.70. The molecule has 0 fully saturated rings. The average molecular weight is 333 g/mol. The van der Waals surface area contributed by atoms with Gasteiger partial charge in [0.2, 0.25) is 0 Å². The van der Waals surface area contributed by atoms with E-state index in [9.17, 15) is 4.79 Å². The fraction of sp³-hybridized carbons (Fsp3) is 0.643. The number of Topliss-reactive ketones (excluding diaryl/α,β-unsaturated/α-hetero) is 1. The molecule has 0 spiro atoms. The molecule has 0 aliphatic carbocycles. The minimum atomic E-state index is 0.0803. The second-order valence-electron chi connectivity index (χ2n) is 4.35. The molecule has 2 nitrogen and oxygen atoms in total. The molecule has 1 heterocycles. The fourth-order valence-electron chi connectivity index (χ4n) is 1.68. The van der Waals surface area contributed by atoms with E-state index in [-0.39, 0.29) is 12.4 Å². The van der Waals surface area contributed by atoms with Gasteiger partial charge in [-0.15, -0.1) is 11.3 Å². The molecule has 0 aliphatic rings. The third kappa shape index (κ3) is 6.66. The molecular weight excluding hydrogens is 312 g/mol. The molecule has 4 heteroatoms. The van der Waals surface area contributed by atoms with Gasteiger partial charge in [-0.1, -0.05) is 39.0 Å². The first-order valence-corrected chi connectivity index (χ1v) is 8.21. The van der Waals surface area contributed by atoms with Crippen LogP contribution in [0.4, 0.5) is 0 Å². The van der Waals surface area contributed by atoms with Gasteiger partial charge in [0.15, 0.2) is 5.78 Å². The zero-order chi connectivity index (χ0) is 13.2. The van der Waals surface area contributed by atoms with E-state index in [0.717, 1.165) is 15.1 Å². The van der Waals surface area contributed by atoms with Crippen LogP contribution < -0.4 is 0 Å². The van der Waals surface area contributed by atoms with Crippen molar-refractivity contribution in [2.24, 2.45) is 0 Å². The lowest BCUT2D eigenvalue weighted by molar-refractivity contribution is 0.0756. The smallest absolute Gasteiger partial charge is 0.198 e. The number of unbranched alkanes of at least 4 members (excludes halogenated alkanes) is 5. The summed E-state index contributed by atoms with van der Waals surface area (Å²) in [5.41, 5.74) is 0. The van der Waals surface area contributed by atoms with Crippen molar-refractivity contribution in [3.05, 3.63) is 20.8 Å². The van der Waals surface area contributed by atoms with E-state index in [4.69, 9.17) is 4.74 Å². The van der Waals surface area contributed by atoms with Gasteiger partial charge in [0.05, 0.1) is 8.66 Å². The normalized spacial score (nSPS) is 10.8. The van der Waals surface area contributed by atoms with Crippen LogP contribution in [0.2, 0.25) is 0 Å². The Morgan fingerprint density at radius 2 is 1.94 bits per heavy atom. The molecule has 1 rings (SSSR count). The third-order valence-corrected chi connectivity index (χ3v) is 4.39. The van der Waals surface area contributed by atoms with Gasteiger partial charge in [-0.3, -0.25) is 4.79 Å². The fourth-order valence-corrected chi connectivity index (χ4v) is 2.99. The Balaban J connectivity index is 1.99. The highest BCUT2D eigenvalue weighted by atomic mass is 79.9. The van der Waals surface area contributed by atoms with Gasteiger partial charge in [0.1, 0.15) is 6.61 Å². The molecule has 0 amide bonds. The van der Waals surface area contributed by atoms with Crippen LogP contribution in [0.5, 0.6) is 0 Å². The number of hydrogen-bond donors (Lipinski definition) is 0. The van der Waals surface area contributed by atoms with Crippen molar-refractivity contribution in [2.45, 2.75) is 45.4 Å². The van der Waals surface area contributed by atoms with Crippen molar-refractivity contribution in [1.29, 1.82) is 0 Å². The number of ketones is 1. The standard InChI is InChI=1S/C14H21BrO2S/c1-2-3-4-5-6-7-10-17-11-12(16)13-8-9-14(15)18-13/h8-9H,2-7,10-11H2,1H3. The predicted octanol–water partition coefficient (Wildman–Crippen LogP) is 5.07. The zero-order valence-electron chi connectivity index (χ0n) is 10.9. The van der Waals surface area contributed by atoms with E-state index in [1.165, 1.54) is 43.4 Å². The topological polar surface area (TPSA) is 26.3 Å². The summed E-state index contributed by atoms with van der Waals surface area (Å²) in [6.07, 6.45) is 7.47. The molecule has 0 unspecified atom stereocenters. The Kier molecular flexibility index (Phi) is 8.55. The maximum Gasteiger partial charge on any atom is 0.198 e. The lowest BCUT2D eigenvalue weighted by Crippen LogP contribution is -2.08. The van der Waals surface area contributed by atoms with Crippen LogP contribution in [0.3, 0.4) is 0 Å². The summed E-state index contributed by atoms with van der Waals surface area (Å²) >= 11 is 4.81. The summed E-state index contributed by atoms with van der Waals surface area (Å²) in [5, 5.41) is 0. The van der Waals surface area contributed by atoms with E-state index < -0.39 is 0 Å². The third-order valence-electron chi connectivity index (χ3n) is 2.72. The van der Waals surface area contributed by atoms with Crippen molar-refractivity contribution < 1.29 is 9.53 Å². The van der Waals surface area contributed by atoms with Crippen molar-refractivity contribution >= 4 is 33.0 Å². The van der Waals surface area contributed by atoms with Crippen LogP contribution in [0.15, 0.2) is 15.9 Å². The SMILES string of the molecule is CCCCCCCCOCC(=O)c1ccc(Br)s1. The van der Waals surface area contributed by atoms with E-state index in [1.807, 2.05) is 12.1 Å². The lowest BCUT2D eigenvalue weighted by atomic mass is 10.1. The van der Waals surface area contributed by atoms with Crippen molar-refractivity contribution in [3.63, 3.8) is 0 Å². The maximum absolute atomic E-state index is 11.7. The van der Waals surface area contributed by atoms with Crippen molar-refractivity contribution in [2.75, 3.05) is 13.2 Å². The first-order chi connectivity index (χ1) is 8.74. The molecule has 0 atom stereocenters. The second-order valence-corrected chi connectivity index (χ2v) is 6.81. The number of carbonyl (C=O) groups excluding carboxylic acids is 1. The number of thiophene rings is 1. The molecule has 18 heavy (non-hydrogen) atoms. The Hall–Kier alpha value is -0.190. The van der Waals surface area contributed by atoms with Gasteiger partial charge in [-0.25, -0.2) is 0 Å². The van der Waals surface area contributed by atoms with Gasteiger partial charge in [0.25, 0.3) is 0 Å². The molecule has 0 aromatic carbocycles. The van der Waals surface area contributed by atoms with E-state index in [2.05, 4.69) is 22.9 Å². The number of rotatable bonds is 10.